The van der Waals surface area contributed by atoms with Gasteiger partial charge in [-0.15, -0.1) is 0 Å². The van der Waals surface area contributed by atoms with Gasteiger partial charge in [0.2, 0.25) is 0 Å². The van der Waals surface area contributed by atoms with Crippen molar-refractivity contribution in [2.24, 2.45) is 0 Å². The molecule has 0 saturated heterocycles. The minimum Gasteiger partial charge on any atom is -0.748 e. The molecule has 31 heteroatoms. The predicted octanol–water partition coefficient (Wildman–Crippen LogP) is -7.79. The maximum atomic E-state index is 12.9. The van der Waals surface area contributed by atoms with E-state index in [1.807, 2.05) is 56.9 Å². The summed E-state index contributed by atoms with van der Waals surface area (Å²) in [6.07, 6.45) is 10.2. The monoisotopic (exact) mass is 1330 g/mol. The van der Waals surface area contributed by atoms with E-state index in [0.29, 0.717) is 98.2 Å². The van der Waals surface area contributed by atoms with Crippen molar-refractivity contribution >= 4 is 109 Å². The van der Waals surface area contributed by atoms with E-state index in [1.54, 1.807) is 30.3 Å². The van der Waals surface area contributed by atoms with Crippen LogP contribution in [0.25, 0.3) is 27.1 Å². The van der Waals surface area contributed by atoms with Crippen LogP contribution in [0.5, 0.6) is 0 Å². The minimum absolute atomic E-state index is 0. The van der Waals surface area contributed by atoms with Gasteiger partial charge in [-0.2, -0.15) is 8.67 Å². The molecule has 0 amide bonds. The zero-order valence-corrected chi connectivity index (χ0v) is 65.6. The maximum absolute atomic E-state index is 12.9. The van der Waals surface area contributed by atoms with Gasteiger partial charge in [0.15, 0.2) is 0 Å². The van der Waals surface area contributed by atoms with Crippen LogP contribution in [0, 0.1) is 0 Å². The van der Waals surface area contributed by atoms with Gasteiger partial charge in [0.05, 0.1) is 54.1 Å². The number of hydrogen-bond acceptors (Lipinski definition) is 21. The summed E-state index contributed by atoms with van der Waals surface area (Å²) in [5, 5.41) is 30.3. The minimum atomic E-state index is -5.13. The Balaban J connectivity index is 0.00000416. The van der Waals surface area contributed by atoms with Crippen molar-refractivity contribution in [2.75, 3.05) is 23.0 Å². The van der Waals surface area contributed by atoms with E-state index < -0.39 is 72.6 Å². The second-order valence-corrected chi connectivity index (χ2v) is 26.3. The van der Waals surface area contributed by atoms with Gasteiger partial charge in [0, 0.05) is 65.9 Å². The number of nitrogens with zero attached hydrogens (tertiary/aromatic N) is 1. The molecule has 0 bridgehead atoms. The summed E-state index contributed by atoms with van der Waals surface area (Å²) in [6, 6.07) is 11.7. The van der Waals surface area contributed by atoms with Crippen molar-refractivity contribution in [1.82, 2.24) is 0 Å². The van der Waals surface area contributed by atoms with Crippen molar-refractivity contribution in [1.29, 1.82) is 0 Å². The topological polar surface area (TPSA) is 315 Å². The van der Waals surface area contributed by atoms with E-state index in [2.05, 4.69) is 18.7 Å². The van der Waals surface area contributed by atoms with Crippen LogP contribution in [0.3, 0.4) is 0 Å². The Hall–Kier alpha value is 4.47. The molecular weight excluding hydrogens is 1290 g/mol. The first kappa shape index (κ1) is 78.6. The van der Waals surface area contributed by atoms with Crippen molar-refractivity contribution in [3.05, 3.63) is 117 Å². The van der Waals surface area contributed by atoms with Gasteiger partial charge >= 0.3 is 257 Å². The van der Waals surface area contributed by atoms with E-state index in [9.17, 15) is 62.4 Å². The van der Waals surface area contributed by atoms with E-state index in [0.717, 1.165) is 28.9 Å². The number of halogens is 1. The van der Waals surface area contributed by atoms with Gasteiger partial charge in [-0.1, -0.05) is 75.7 Å². The summed E-state index contributed by atoms with van der Waals surface area (Å²) >= 11 is 8.10. The first-order chi connectivity index (χ1) is 34.1. The predicted molar refractivity (Wildman–Crippen MR) is 264 cm³/mol. The first-order valence-electron chi connectivity index (χ1n) is 22.4. The summed E-state index contributed by atoms with van der Waals surface area (Å²) in [5.41, 5.74) is 4.16. The van der Waals surface area contributed by atoms with Crippen LogP contribution >= 0.6 is 35.7 Å². The fourth-order valence-electron chi connectivity index (χ4n) is 10.2. The van der Waals surface area contributed by atoms with Crippen LogP contribution in [0.15, 0.2) is 120 Å². The molecule has 2 aliphatic carbocycles. The smallest absolute Gasteiger partial charge is 0.748 e. The molecule has 78 heavy (non-hydrogen) atoms. The molecule has 4 aromatic rings. The Labute approximate surface area is 681 Å². The standard InChI is InChI=1S/C47H52ClNO18S6.5K/c1-46(2)36(34(12-5-7-22-70(52,53)54)35-17-13-30-24-32(68-66-64-50)26-39(73(61,62)63)42(30)43(35)46)18-14-28-10-9-11-29(45(28)48)16-20-40-47(3,4)44-37(49(40)21-6-8-23-71(55,56)57)19-15-31-25-33(72(58,59)60)27-38(41(31)44)69-67-65-51;;;;;/h13-20,24-27,50-51H,5-12,21-23H2,1-4H3,(H,52,53,54)(H,55,56,57)(H,58,59,60)(H,61,62,63);;;;;/q;5*+1/p-6. The zero-order chi connectivity index (χ0) is 53.5. The summed E-state index contributed by atoms with van der Waals surface area (Å²) in [4.78, 5) is 1.02. The van der Waals surface area contributed by atoms with Gasteiger partial charge in [-0.3, -0.25) is 10.1 Å². The molecule has 0 radical (unpaired) electrons. The molecule has 0 unspecified atom stereocenters. The van der Waals surface area contributed by atoms with Crippen molar-refractivity contribution in [3.63, 3.8) is 0 Å². The molecule has 0 N–H and O–H groups in total. The summed E-state index contributed by atoms with van der Waals surface area (Å²) < 4.78 is 154. The largest absolute Gasteiger partial charge is 1.00 e. The normalized spacial score (nSPS) is 17.2. The fourth-order valence-corrected chi connectivity index (χ4v) is 14.1. The van der Waals surface area contributed by atoms with Gasteiger partial charge in [-0.25, -0.2) is 33.7 Å². The molecule has 0 aromatic heterocycles. The van der Waals surface area contributed by atoms with E-state index in [4.69, 9.17) is 11.6 Å². The molecule has 1 aliphatic heterocycles. The number of rotatable bonds is 21. The van der Waals surface area contributed by atoms with Crippen molar-refractivity contribution in [2.45, 2.75) is 109 Å². The molecular formula is C47H46ClK5NO18S6-. The molecule has 7 rings (SSSR count). The van der Waals surface area contributed by atoms with Crippen LogP contribution in [0.4, 0.5) is 5.69 Å². The first-order valence-corrected chi connectivity index (χ1v) is 30.2. The molecule has 4 aromatic carbocycles. The van der Waals surface area contributed by atoms with E-state index >= 15 is 0 Å². The van der Waals surface area contributed by atoms with Crippen LogP contribution in [-0.4, -0.2) is 69.9 Å². The van der Waals surface area contributed by atoms with Gasteiger partial charge < -0.3 is 33.6 Å². The van der Waals surface area contributed by atoms with Crippen molar-refractivity contribution < 1.29 is 338 Å². The molecule has 1 heterocycles. The molecule has 3 aliphatic rings. The molecule has 19 nitrogen and oxygen atoms in total. The number of benzene rings is 4. The third-order valence-corrected chi connectivity index (χ3v) is 18.1. The van der Waals surface area contributed by atoms with E-state index in [1.165, 1.54) is 6.07 Å². The van der Waals surface area contributed by atoms with Gasteiger partial charge in [0.25, 0.3) is 0 Å². The molecule has 0 spiro atoms. The second-order valence-electron chi connectivity index (χ2n) is 18.6. The Morgan fingerprint density at radius 2 is 1.27 bits per heavy atom. The van der Waals surface area contributed by atoms with Gasteiger partial charge in [0.1, 0.15) is 20.2 Å². The Morgan fingerprint density at radius 3 is 1.87 bits per heavy atom. The third kappa shape index (κ3) is 19.3. The van der Waals surface area contributed by atoms with Crippen LogP contribution < -0.4 is 272 Å². The summed E-state index contributed by atoms with van der Waals surface area (Å²) in [6.45, 7) is 7.77. The molecule has 0 saturated carbocycles. The quantitative estimate of drug-likeness (QED) is 0.0187. The van der Waals surface area contributed by atoms with Gasteiger partial charge in [-0.05, 0) is 138 Å². The van der Waals surface area contributed by atoms with Crippen LogP contribution in [0.2, 0.25) is 0 Å². The fraction of sp³-hybridized carbons (Fsp3) is 0.362. The third-order valence-electron chi connectivity index (χ3n) is 13.2. The number of anilines is 1. The Bertz CT molecular complexity index is 3520. The van der Waals surface area contributed by atoms with E-state index in [-0.39, 0.29) is 311 Å². The SMILES string of the molecule is CC1(C)C(=CC=C2CCCC(C=CC3=C(CCCCS(=O)(=O)[O-])c4ccc5cc(SOO[O-])cc(S(=O)(=O)[O-])c5c4C3(C)C)=C2Cl)N(CCCCS(=O)(=O)[O-])c2ccc3cc(S(=O)(=O)[O-])cc(SOO[O-])c3c21.[K+].[K+].[K+].[K+].[K+]. The second kappa shape index (κ2) is 33.0. The summed E-state index contributed by atoms with van der Waals surface area (Å²) in [7, 11) is -19.1. The molecule has 0 fully saturated rings. The number of unbranched alkanes of at least 4 members (excludes halogenated alkanes) is 2. The average Bonchev–Trinajstić information content (AvgIpc) is 3.65. The molecule has 0 atom stereocenters. The van der Waals surface area contributed by atoms with Crippen LogP contribution in [-0.2, 0) is 70.0 Å². The number of allylic oxidation sites excluding steroid dienone is 10. The Morgan fingerprint density at radius 1 is 0.667 bits per heavy atom. The van der Waals surface area contributed by atoms with Crippen LogP contribution in [0.1, 0.15) is 95.8 Å². The number of hydrogen-bond donors (Lipinski definition) is 0. The summed E-state index contributed by atoms with van der Waals surface area (Å²) in [5.74, 6) is -1.18. The maximum Gasteiger partial charge on any atom is 1.00 e. The zero-order valence-electron chi connectivity index (χ0n) is 44.3. The Kier molecular flexibility index (Phi) is 33.2. The van der Waals surface area contributed by atoms with Crippen molar-refractivity contribution in [3.8, 4) is 0 Å². The average molecular weight is 1340 g/mol. The molecule has 396 valence electrons. The number of fused-ring (bicyclic) bond motifs is 6.